The zero-order valence-corrected chi connectivity index (χ0v) is 16.5. The molecule has 1 saturated heterocycles. The Balaban J connectivity index is 1.71. The quantitative estimate of drug-likeness (QED) is 0.352. The van der Waals surface area contributed by atoms with E-state index < -0.39 is 0 Å². The molecule has 1 aliphatic heterocycles. The van der Waals surface area contributed by atoms with Gasteiger partial charge in [0.15, 0.2) is 10.8 Å². The standard InChI is InChI=1S/C18H20BrN5S/c1-25-18-21-16(23-9-5-6-10-23)14-11-20-24(17(14)22-18)12-15(19)13-7-3-2-4-8-13/h2-4,7-8,11,15H,5-6,9-10,12H2,1H3. The number of hydrogen-bond acceptors (Lipinski definition) is 5. The Bertz CT molecular complexity index is 861. The molecule has 0 aliphatic carbocycles. The molecule has 1 unspecified atom stereocenters. The third kappa shape index (κ3) is 3.40. The normalized spacial score (nSPS) is 15.8. The Morgan fingerprint density at radius 1 is 1.16 bits per heavy atom. The summed E-state index contributed by atoms with van der Waals surface area (Å²) in [4.78, 5) is 12.1. The number of alkyl halides is 1. The number of hydrogen-bond donors (Lipinski definition) is 0. The number of halogens is 1. The average molecular weight is 418 g/mol. The molecular weight excluding hydrogens is 398 g/mol. The van der Waals surface area contributed by atoms with E-state index in [-0.39, 0.29) is 4.83 Å². The molecule has 0 spiro atoms. The predicted octanol–water partition coefficient (Wildman–Crippen LogP) is 4.28. The van der Waals surface area contributed by atoms with Gasteiger partial charge in [-0.25, -0.2) is 14.6 Å². The molecule has 3 aromatic rings. The van der Waals surface area contributed by atoms with Crippen molar-refractivity contribution in [2.24, 2.45) is 0 Å². The van der Waals surface area contributed by atoms with Crippen molar-refractivity contribution in [3.8, 4) is 0 Å². The monoisotopic (exact) mass is 417 g/mol. The van der Waals surface area contributed by atoms with E-state index in [9.17, 15) is 0 Å². The minimum atomic E-state index is 0.194. The van der Waals surface area contributed by atoms with Gasteiger partial charge < -0.3 is 4.90 Å². The molecule has 7 heteroatoms. The smallest absolute Gasteiger partial charge is 0.191 e. The third-order valence-electron chi connectivity index (χ3n) is 4.54. The Morgan fingerprint density at radius 2 is 1.92 bits per heavy atom. The average Bonchev–Trinajstić information content (AvgIpc) is 3.32. The zero-order valence-electron chi connectivity index (χ0n) is 14.1. The fraction of sp³-hybridized carbons (Fsp3) is 0.389. The number of aromatic nitrogens is 4. The molecule has 25 heavy (non-hydrogen) atoms. The summed E-state index contributed by atoms with van der Waals surface area (Å²) >= 11 is 5.38. The van der Waals surface area contributed by atoms with Crippen molar-refractivity contribution < 1.29 is 0 Å². The molecule has 3 heterocycles. The van der Waals surface area contributed by atoms with E-state index in [0.717, 1.165) is 41.6 Å². The van der Waals surface area contributed by atoms with E-state index >= 15 is 0 Å². The van der Waals surface area contributed by atoms with E-state index in [1.807, 2.05) is 23.2 Å². The summed E-state index contributed by atoms with van der Waals surface area (Å²) in [6, 6.07) is 10.4. The van der Waals surface area contributed by atoms with Crippen molar-refractivity contribution in [1.82, 2.24) is 19.7 Å². The highest BCUT2D eigenvalue weighted by molar-refractivity contribution is 9.09. The van der Waals surface area contributed by atoms with Crippen LogP contribution in [0.25, 0.3) is 11.0 Å². The van der Waals surface area contributed by atoms with Crippen LogP contribution < -0.4 is 4.90 Å². The zero-order chi connectivity index (χ0) is 17.2. The minimum absolute atomic E-state index is 0.194. The molecule has 130 valence electrons. The van der Waals surface area contributed by atoms with Gasteiger partial charge in [-0.2, -0.15) is 5.10 Å². The van der Waals surface area contributed by atoms with Gasteiger partial charge in [-0.1, -0.05) is 58.0 Å². The van der Waals surface area contributed by atoms with Crippen molar-refractivity contribution in [3.05, 3.63) is 42.1 Å². The Labute approximate surface area is 160 Å². The number of fused-ring (bicyclic) bond motifs is 1. The molecule has 0 radical (unpaired) electrons. The van der Waals surface area contributed by atoms with Crippen molar-refractivity contribution in [1.29, 1.82) is 0 Å². The number of rotatable bonds is 5. The lowest BCUT2D eigenvalue weighted by molar-refractivity contribution is 0.623. The fourth-order valence-corrected chi connectivity index (χ4v) is 4.17. The van der Waals surface area contributed by atoms with E-state index in [2.05, 4.69) is 50.2 Å². The lowest BCUT2D eigenvalue weighted by atomic mass is 10.1. The molecule has 1 atom stereocenters. The summed E-state index contributed by atoms with van der Waals surface area (Å²) in [5.74, 6) is 1.03. The molecule has 0 bridgehead atoms. The number of anilines is 1. The maximum Gasteiger partial charge on any atom is 0.191 e. The number of thioether (sulfide) groups is 1. The topological polar surface area (TPSA) is 46.8 Å². The van der Waals surface area contributed by atoms with Crippen LogP contribution in [-0.4, -0.2) is 39.1 Å². The lowest BCUT2D eigenvalue weighted by Crippen LogP contribution is -2.20. The summed E-state index contributed by atoms with van der Waals surface area (Å²) in [6.45, 7) is 2.87. The van der Waals surface area contributed by atoms with Crippen molar-refractivity contribution >= 4 is 44.5 Å². The third-order valence-corrected chi connectivity index (χ3v) is 5.90. The SMILES string of the molecule is CSc1nc(N2CCCC2)c2cnn(CC(Br)c3ccccc3)c2n1. The van der Waals surface area contributed by atoms with Crippen LogP contribution in [0.15, 0.2) is 41.7 Å². The van der Waals surface area contributed by atoms with E-state index in [4.69, 9.17) is 9.97 Å². The second-order valence-electron chi connectivity index (χ2n) is 6.17. The van der Waals surface area contributed by atoms with E-state index in [1.54, 1.807) is 11.8 Å². The van der Waals surface area contributed by atoms with E-state index in [1.165, 1.54) is 18.4 Å². The Morgan fingerprint density at radius 3 is 2.64 bits per heavy atom. The summed E-state index contributed by atoms with van der Waals surface area (Å²) < 4.78 is 1.99. The Hall–Kier alpha value is -1.60. The molecule has 4 rings (SSSR count). The fourth-order valence-electron chi connectivity index (χ4n) is 3.23. The first kappa shape index (κ1) is 16.8. The summed E-state index contributed by atoms with van der Waals surface area (Å²) in [7, 11) is 0. The molecule has 1 aliphatic rings. The van der Waals surface area contributed by atoms with Crippen LogP contribution in [0.3, 0.4) is 0 Å². The van der Waals surface area contributed by atoms with Crippen LogP contribution >= 0.6 is 27.7 Å². The summed E-state index contributed by atoms with van der Waals surface area (Å²) in [6.07, 6.45) is 6.39. The molecule has 0 saturated carbocycles. The number of benzene rings is 1. The van der Waals surface area contributed by atoms with Gasteiger partial charge in [0, 0.05) is 13.1 Å². The molecule has 2 aromatic heterocycles. The maximum absolute atomic E-state index is 4.76. The van der Waals surface area contributed by atoms with E-state index in [0.29, 0.717) is 0 Å². The van der Waals surface area contributed by atoms with Crippen LogP contribution in [0.4, 0.5) is 5.82 Å². The molecule has 1 aromatic carbocycles. The van der Waals surface area contributed by atoms with Crippen molar-refractivity contribution in [3.63, 3.8) is 0 Å². The van der Waals surface area contributed by atoms with Gasteiger partial charge in [-0.15, -0.1) is 0 Å². The predicted molar refractivity (Wildman–Crippen MR) is 107 cm³/mol. The Kier molecular flexibility index (Phi) is 4.94. The molecule has 1 fully saturated rings. The highest BCUT2D eigenvalue weighted by Gasteiger charge is 2.21. The molecular formula is C18H20BrN5S. The molecule has 5 nitrogen and oxygen atoms in total. The highest BCUT2D eigenvalue weighted by Crippen LogP contribution is 2.31. The first-order valence-electron chi connectivity index (χ1n) is 8.48. The van der Waals surface area contributed by atoms with Gasteiger partial charge in [0.1, 0.15) is 5.82 Å². The maximum atomic E-state index is 4.76. The first-order valence-corrected chi connectivity index (χ1v) is 10.6. The van der Waals surface area contributed by atoms with Crippen molar-refractivity contribution in [2.45, 2.75) is 29.4 Å². The van der Waals surface area contributed by atoms with Gasteiger partial charge in [0.05, 0.1) is 23.0 Å². The summed E-state index contributed by atoms with van der Waals surface area (Å²) in [5, 5.41) is 6.47. The van der Waals surface area contributed by atoms with Crippen LogP contribution in [0.5, 0.6) is 0 Å². The van der Waals surface area contributed by atoms with Crippen LogP contribution in [-0.2, 0) is 6.54 Å². The minimum Gasteiger partial charge on any atom is -0.356 e. The number of nitrogens with zero attached hydrogens (tertiary/aromatic N) is 5. The van der Waals surface area contributed by atoms with Gasteiger partial charge in [0.25, 0.3) is 0 Å². The van der Waals surface area contributed by atoms with Gasteiger partial charge in [0.2, 0.25) is 0 Å². The lowest BCUT2D eigenvalue weighted by Gasteiger charge is -2.18. The van der Waals surface area contributed by atoms with Crippen molar-refractivity contribution in [2.75, 3.05) is 24.2 Å². The second-order valence-corrected chi connectivity index (χ2v) is 8.05. The van der Waals surface area contributed by atoms with Gasteiger partial charge in [-0.05, 0) is 24.7 Å². The van der Waals surface area contributed by atoms with Gasteiger partial charge >= 0.3 is 0 Å². The second kappa shape index (κ2) is 7.33. The van der Waals surface area contributed by atoms with Gasteiger partial charge in [-0.3, -0.25) is 0 Å². The first-order chi connectivity index (χ1) is 12.3. The largest absolute Gasteiger partial charge is 0.356 e. The highest BCUT2D eigenvalue weighted by atomic mass is 79.9. The molecule has 0 N–H and O–H groups in total. The molecule has 0 amide bonds. The van der Waals surface area contributed by atoms with Crippen LogP contribution in [0, 0.1) is 0 Å². The van der Waals surface area contributed by atoms with Crippen LogP contribution in [0.2, 0.25) is 0 Å². The van der Waals surface area contributed by atoms with Crippen LogP contribution in [0.1, 0.15) is 23.2 Å². The summed E-state index contributed by atoms with van der Waals surface area (Å²) in [5.41, 5.74) is 2.16.